The molecule has 1 aromatic heterocycles. The van der Waals surface area contributed by atoms with Gasteiger partial charge in [0.05, 0.1) is 12.2 Å². The highest BCUT2D eigenvalue weighted by molar-refractivity contribution is 6.30. The number of carbonyl (C=O) groups excluding carboxylic acids is 2. The van der Waals surface area contributed by atoms with E-state index in [0.717, 1.165) is 11.3 Å². The van der Waals surface area contributed by atoms with Crippen molar-refractivity contribution in [3.05, 3.63) is 88.1 Å². The van der Waals surface area contributed by atoms with E-state index in [1.54, 1.807) is 24.3 Å². The number of nitrogens with one attached hydrogen (secondary N) is 2. The summed E-state index contributed by atoms with van der Waals surface area (Å²) in [4.78, 5) is 29.7. The van der Waals surface area contributed by atoms with Crippen molar-refractivity contribution in [1.29, 1.82) is 0 Å². The van der Waals surface area contributed by atoms with Crippen molar-refractivity contribution in [2.75, 3.05) is 0 Å². The van der Waals surface area contributed by atoms with E-state index in [9.17, 15) is 9.59 Å². The van der Waals surface area contributed by atoms with Crippen LogP contribution in [0.1, 0.15) is 33.3 Å². The van der Waals surface area contributed by atoms with Gasteiger partial charge in [-0.15, -0.1) is 0 Å². The van der Waals surface area contributed by atoms with E-state index in [0.29, 0.717) is 28.7 Å². The Morgan fingerprint density at radius 2 is 1.76 bits per heavy atom. The summed E-state index contributed by atoms with van der Waals surface area (Å²) in [5.74, 6) is 0.479. The summed E-state index contributed by atoms with van der Waals surface area (Å²) >= 11 is 5.88. The van der Waals surface area contributed by atoms with Crippen LogP contribution in [0.2, 0.25) is 5.02 Å². The number of nitrogens with zero attached hydrogens (tertiary/aromatic N) is 1. The highest BCUT2D eigenvalue weighted by Gasteiger charge is 2.22. The lowest BCUT2D eigenvalue weighted by Gasteiger charge is -2.18. The third-order valence-electron chi connectivity index (χ3n) is 4.50. The van der Waals surface area contributed by atoms with Gasteiger partial charge in [0.2, 0.25) is 11.8 Å². The number of carbonyl (C=O) groups is 2. The van der Waals surface area contributed by atoms with Crippen molar-refractivity contribution in [2.24, 2.45) is 0 Å². The average molecular weight is 412 g/mol. The zero-order valence-electron chi connectivity index (χ0n) is 16.2. The van der Waals surface area contributed by atoms with Gasteiger partial charge >= 0.3 is 0 Å². The lowest BCUT2D eigenvalue weighted by Crippen LogP contribution is -2.47. The maximum absolute atomic E-state index is 12.8. The highest BCUT2D eigenvalue weighted by Crippen LogP contribution is 2.11. The van der Waals surface area contributed by atoms with Crippen LogP contribution in [0.25, 0.3) is 0 Å². The second kappa shape index (κ2) is 9.39. The van der Waals surface area contributed by atoms with Gasteiger partial charge in [-0.3, -0.25) is 9.59 Å². The van der Waals surface area contributed by atoms with Gasteiger partial charge in [0.15, 0.2) is 0 Å². The van der Waals surface area contributed by atoms with E-state index < -0.39 is 6.04 Å². The molecule has 0 bridgehead atoms. The van der Waals surface area contributed by atoms with Crippen molar-refractivity contribution in [3.8, 4) is 0 Å². The van der Waals surface area contributed by atoms with Gasteiger partial charge in [-0.1, -0.05) is 41.9 Å². The summed E-state index contributed by atoms with van der Waals surface area (Å²) in [6.45, 7) is 3.81. The summed E-state index contributed by atoms with van der Waals surface area (Å²) in [6, 6.07) is 15.3. The van der Waals surface area contributed by atoms with Crippen LogP contribution in [-0.2, 0) is 17.8 Å². The van der Waals surface area contributed by atoms with E-state index >= 15 is 0 Å². The number of aryl methyl sites for hydroxylation is 2. The Morgan fingerprint density at radius 1 is 1.07 bits per heavy atom. The fourth-order valence-corrected chi connectivity index (χ4v) is 2.93. The Morgan fingerprint density at radius 3 is 2.38 bits per heavy atom. The van der Waals surface area contributed by atoms with Crippen LogP contribution in [0.15, 0.2) is 59.0 Å². The smallest absolute Gasteiger partial charge is 0.251 e. The molecule has 3 aromatic rings. The maximum atomic E-state index is 12.8. The number of halogens is 1. The molecule has 0 aliphatic carbocycles. The van der Waals surface area contributed by atoms with E-state index in [-0.39, 0.29) is 18.4 Å². The monoisotopic (exact) mass is 411 g/mol. The Bertz CT molecular complexity index is 965. The Labute approximate surface area is 174 Å². The van der Waals surface area contributed by atoms with Crippen molar-refractivity contribution < 1.29 is 14.0 Å². The topological polar surface area (TPSA) is 84.2 Å². The number of oxazole rings is 1. The van der Waals surface area contributed by atoms with Gasteiger partial charge < -0.3 is 15.1 Å². The molecular weight excluding hydrogens is 390 g/mol. The molecule has 2 amide bonds. The molecule has 0 saturated carbocycles. The minimum atomic E-state index is -0.752. The predicted molar refractivity (Wildman–Crippen MR) is 111 cm³/mol. The van der Waals surface area contributed by atoms with E-state index in [4.69, 9.17) is 16.0 Å². The van der Waals surface area contributed by atoms with Crippen LogP contribution >= 0.6 is 11.6 Å². The largest absolute Gasteiger partial charge is 0.444 e. The number of hydrogen-bond acceptors (Lipinski definition) is 4. The Hall–Kier alpha value is -3.12. The molecule has 2 aromatic carbocycles. The van der Waals surface area contributed by atoms with E-state index in [1.165, 1.54) is 0 Å². The van der Waals surface area contributed by atoms with Gasteiger partial charge in [0.25, 0.3) is 5.91 Å². The molecule has 0 radical (unpaired) electrons. The van der Waals surface area contributed by atoms with Crippen LogP contribution in [0.5, 0.6) is 0 Å². The summed E-state index contributed by atoms with van der Waals surface area (Å²) in [6.07, 6.45) is 0.357. The second-order valence-corrected chi connectivity index (χ2v) is 7.13. The number of amides is 2. The second-order valence-electron chi connectivity index (χ2n) is 6.69. The molecule has 0 saturated heterocycles. The summed E-state index contributed by atoms with van der Waals surface area (Å²) in [7, 11) is 0. The number of hydrogen-bond donors (Lipinski definition) is 2. The molecule has 0 fully saturated rings. The minimum absolute atomic E-state index is 0.148. The standard InChI is InChI=1S/C22H22ClN3O3/c1-14-15(2)29-20(25-14)13-24-22(28)19(12-16-6-4-3-5-7-16)26-21(27)17-8-10-18(23)11-9-17/h3-11,19H,12-13H2,1-2H3,(H,24,28)(H,26,27)/t19-/m0/s1. The van der Waals surface area contributed by atoms with Gasteiger partial charge in [0.1, 0.15) is 11.8 Å². The van der Waals surface area contributed by atoms with Crippen molar-refractivity contribution in [1.82, 2.24) is 15.6 Å². The SMILES string of the molecule is Cc1nc(CNC(=O)[C@H](Cc2ccccc2)NC(=O)c2ccc(Cl)cc2)oc1C. The normalized spacial score (nSPS) is 11.7. The van der Waals surface area contributed by atoms with Crippen LogP contribution < -0.4 is 10.6 Å². The fourth-order valence-electron chi connectivity index (χ4n) is 2.80. The molecule has 3 rings (SSSR count). The summed E-state index contributed by atoms with van der Waals surface area (Å²) in [5.41, 5.74) is 2.15. The minimum Gasteiger partial charge on any atom is -0.444 e. The molecular formula is C22H22ClN3O3. The van der Waals surface area contributed by atoms with Crippen molar-refractivity contribution >= 4 is 23.4 Å². The first-order chi connectivity index (χ1) is 13.9. The van der Waals surface area contributed by atoms with E-state index in [1.807, 2.05) is 44.2 Å². The van der Waals surface area contributed by atoms with Crippen LogP contribution in [0, 0.1) is 13.8 Å². The highest BCUT2D eigenvalue weighted by atomic mass is 35.5. The van der Waals surface area contributed by atoms with Crippen molar-refractivity contribution in [2.45, 2.75) is 32.9 Å². The zero-order valence-corrected chi connectivity index (χ0v) is 17.0. The molecule has 150 valence electrons. The van der Waals surface area contributed by atoms with E-state index in [2.05, 4.69) is 15.6 Å². The first kappa shape index (κ1) is 20.6. The molecule has 0 spiro atoms. The van der Waals surface area contributed by atoms with Gasteiger partial charge in [-0.2, -0.15) is 0 Å². The molecule has 0 aliphatic heterocycles. The van der Waals surface area contributed by atoms with Gasteiger partial charge in [-0.05, 0) is 43.7 Å². The molecule has 1 atom stereocenters. The van der Waals surface area contributed by atoms with Crippen LogP contribution in [0.4, 0.5) is 0 Å². The Kier molecular flexibility index (Phi) is 6.67. The molecule has 7 heteroatoms. The summed E-state index contributed by atoms with van der Waals surface area (Å²) < 4.78 is 5.50. The third kappa shape index (κ3) is 5.68. The number of aromatic nitrogens is 1. The summed E-state index contributed by atoms with van der Waals surface area (Å²) in [5, 5.41) is 6.14. The molecule has 1 heterocycles. The zero-order chi connectivity index (χ0) is 20.8. The third-order valence-corrected chi connectivity index (χ3v) is 4.75. The first-order valence-corrected chi connectivity index (χ1v) is 9.61. The van der Waals surface area contributed by atoms with Crippen LogP contribution in [0.3, 0.4) is 0 Å². The fraction of sp³-hybridized carbons (Fsp3) is 0.227. The molecule has 2 N–H and O–H groups in total. The quantitative estimate of drug-likeness (QED) is 0.622. The lowest BCUT2D eigenvalue weighted by molar-refractivity contribution is -0.123. The lowest BCUT2D eigenvalue weighted by atomic mass is 10.0. The van der Waals surface area contributed by atoms with Crippen LogP contribution in [-0.4, -0.2) is 22.8 Å². The molecule has 0 unspecified atom stereocenters. The molecule has 0 aliphatic rings. The predicted octanol–water partition coefficient (Wildman–Crippen LogP) is 3.60. The van der Waals surface area contributed by atoms with Crippen molar-refractivity contribution in [3.63, 3.8) is 0 Å². The number of rotatable bonds is 7. The molecule has 6 nitrogen and oxygen atoms in total. The average Bonchev–Trinajstić information content (AvgIpc) is 3.04. The number of benzene rings is 2. The first-order valence-electron chi connectivity index (χ1n) is 9.23. The maximum Gasteiger partial charge on any atom is 0.251 e. The Balaban J connectivity index is 1.71. The molecule has 29 heavy (non-hydrogen) atoms. The van der Waals surface area contributed by atoms with Gasteiger partial charge in [0, 0.05) is 17.0 Å². The van der Waals surface area contributed by atoms with Gasteiger partial charge in [-0.25, -0.2) is 4.98 Å².